The zero-order valence-electron chi connectivity index (χ0n) is 12.6. The molecule has 21 heavy (non-hydrogen) atoms. The fourth-order valence-electron chi connectivity index (χ4n) is 1.79. The lowest BCUT2D eigenvalue weighted by Crippen LogP contribution is -2.46. The van der Waals surface area contributed by atoms with Crippen LogP contribution in [0.25, 0.3) is 0 Å². The number of benzene rings is 1. The first-order chi connectivity index (χ1) is 9.68. The van der Waals surface area contributed by atoms with Gasteiger partial charge in [-0.3, -0.25) is 4.79 Å². The van der Waals surface area contributed by atoms with Gasteiger partial charge < -0.3 is 11.1 Å². The van der Waals surface area contributed by atoms with Gasteiger partial charge in [-0.25, -0.2) is 8.42 Å². The summed E-state index contributed by atoms with van der Waals surface area (Å²) in [5.74, 6) is -0.951. The monoisotopic (exact) mass is 312 g/mol. The highest BCUT2D eigenvalue weighted by atomic mass is 32.2. The second kappa shape index (κ2) is 7.56. The summed E-state index contributed by atoms with van der Waals surface area (Å²) in [4.78, 5) is 11.6. The largest absolute Gasteiger partial charge is 0.353 e. The topological polar surface area (TPSA) is 89.3 Å². The van der Waals surface area contributed by atoms with Gasteiger partial charge in [0.1, 0.15) is 5.75 Å². The van der Waals surface area contributed by atoms with E-state index < -0.39 is 27.0 Å². The predicted octanol–water partition coefficient (Wildman–Crippen LogP) is 0.888. The highest BCUT2D eigenvalue weighted by molar-refractivity contribution is 7.92. The molecule has 6 heteroatoms. The van der Waals surface area contributed by atoms with Crippen LogP contribution in [0, 0.1) is 0 Å². The second-order valence-electron chi connectivity index (χ2n) is 5.95. The summed E-state index contributed by atoms with van der Waals surface area (Å²) in [5.41, 5.74) is 6.28. The molecular weight excluding hydrogens is 288 g/mol. The molecule has 0 aliphatic carbocycles. The standard InChI is InChI=1S/C15H24N2O3S/c1-15(2,16)12-17-14(18)11-21(19,20)10-6-9-13-7-4-3-5-8-13/h3-5,7-8H,6,9-12,16H2,1-2H3,(H,17,18). The predicted molar refractivity (Wildman–Crippen MR) is 84.7 cm³/mol. The van der Waals surface area contributed by atoms with E-state index in [0.717, 1.165) is 5.56 Å². The fraction of sp³-hybridized carbons (Fsp3) is 0.533. The third kappa shape index (κ3) is 8.47. The Morgan fingerprint density at radius 1 is 1.24 bits per heavy atom. The average Bonchev–Trinajstić information content (AvgIpc) is 2.36. The molecule has 118 valence electrons. The van der Waals surface area contributed by atoms with E-state index in [1.54, 1.807) is 13.8 Å². The van der Waals surface area contributed by atoms with Gasteiger partial charge >= 0.3 is 0 Å². The molecule has 0 saturated carbocycles. The number of aryl methyl sites for hydroxylation is 1. The average molecular weight is 312 g/mol. The minimum atomic E-state index is -3.37. The van der Waals surface area contributed by atoms with Gasteiger partial charge in [0, 0.05) is 12.1 Å². The van der Waals surface area contributed by atoms with Crippen molar-refractivity contribution >= 4 is 15.7 Å². The molecule has 0 aliphatic heterocycles. The Balaban J connectivity index is 2.35. The first-order valence-corrected chi connectivity index (χ1v) is 8.80. The third-order valence-corrected chi connectivity index (χ3v) is 4.47. The van der Waals surface area contributed by atoms with Gasteiger partial charge in [0.2, 0.25) is 5.91 Å². The van der Waals surface area contributed by atoms with Crippen molar-refractivity contribution in [1.82, 2.24) is 5.32 Å². The molecule has 1 aromatic rings. The van der Waals surface area contributed by atoms with E-state index in [-0.39, 0.29) is 12.3 Å². The molecular formula is C15H24N2O3S. The van der Waals surface area contributed by atoms with Crippen LogP contribution in [0.4, 0.5) is 0 Å². The first kappa shape index (κ1) is 17.7. The zero-order chi connectivity index (χ0) is 15.9. The highest BCUT2D eigenvalue weighted by Gasteiger charge is 2.18. The minimum Gasteiger partial charge on any atom is -0.353 e. The van der Waals surface area contributed by atoms with Crippen LogP contribution in [0.5, 0.6) is 0 Å². The number of nitrogens with two attached hydrogens (primary N) is 1. The lowest BCUT2D eigenvalue weighted by molar-refractivity contribution is -0.118. The van der Waals surface area contributed by atoms with Crippen molar-refractivity contribution in [3.8, 4) is 0 Å². The van der Waals surface area contributed by atoms with E-state index in [0.29, 0.717) is 12.8 Å². The van der Waals surface area contributed by atoms with Gasteiger partial charge in [-0.2, -0.15) is 0 Å². The number of carbonyl (C=O) groups is 1. The molecule has 0 bridgehead atoms. The Morgan fingerprint density at radius 3 is 2.43 bits per heavy atom. The van der Waals surface area contributed by atoms with Crippen LogP contribution in [0.3, 0.4) is 0 Å². The highest BCUT2D eigenvalue weighted by Crippen LogP contribution is 2.04. The molecule has 0 fully saturated rings. The van der Waals surface area contributed by atoms with Crippen LogP contribution >= 0.6 is 0 Å². The van der Waals surface area contributed by atoms with Crippen molar-refractivity contribution in [2.75, 3.05) is 18.1 Å². The molecule has 0 unspecified atom stereocenters. The summed E-state index contributed by atoms with van der Waals surface area (Å²) >= 11 is 0. The summed E-state index contributed by atoms with van der Waals surface area (Å²) in [6.07, 6.45) is 1.21. The van der Waals surface area contributed by atoms with Crippen LogP contribution < -0.4 is 11.1 Å². The molecule has 0 atom stereocenters. The zero-order valence-corrected chi connectivity index (χ0v) is 13.4. The third-order valence-electron chi connectivity index (χ3n) is 2.86. The second-order valence-corrected chi connectivity index (χ2v) is 8.13. The molecule has 0 heterocycles. The quantitative estimate of drug-likeness (QED) is 0.746. The van der Waals surface area contributed by atoms with Gasteiger partial charge in [0.15, 0.2) is 9.84 Å². The van der Waals surface area contributed by atoms with E-state index in [9.17, 15) is 13.2 Å². The molecule has 0 spiro atoms. The number of nitrogens with one attached hydrogen (secondary N) is 1. The van der Waals surface area contributed by atoms with Crippen molar-refractivity contribution in [3.05, 3.63) is 35.9 Å². The van der Waals surface area contributed by atoms with Crippen molar-refractivity contribution in [3.63, 3.8) is 0 Å². The number of amides is 1. The van der Waals surface area contributed by atoms with Gasteiger partial charge in [-0.05, 0) is 32.3 Å². The Morgan fingerprint density at radius 2 is 1.86 bits per heavy atom. The van der Waals surface area contributed by atoms with E-state index >= 15 is 0 Å². The molecule has 0 aromatic heterocycles. The SMILES string of the molecule is CC(C)(N)CNC(=O)CS(=O)(=O)CCCc1ccccc1. The molecule has 0 radical (unpaired) electrons. The summed E-state index contributed by atoms with van der Waals surface area (Å²) in [5, 5.41) is 2.54. The number of sulfone groups is 1. The maximum atomic E-state index is 11.9. The summed E-state index contributed by atoms with van der Waals surface area (Å²) in [6.45, 7) is 3.79. The smallest absolute Gasteiger partial charge is 0.235 e. The fourth-order valence-corrected chi connectivity index (χ4v) is 3.02. The molecule has 0 saturated heterocycles. The molecule has 1 aromatic carbocycles. The Labute approximate surface area is 126 Å². The number of carbonyl (C=O) groups excluding carboxylic acids is 1. The van der Waals surface area contributed by atoms with Crippen molar-refractivity contribution < 1.29 is 13.2 Å². The van der Waals surface area contributed by atoms with Crippen molar-refractivity contribution in [2.24, 2.45) is 5.73 Å². The van der Waals surface area contributed by atoms with Gasteiger partial charge in [-0.1, -0.05) is 30.3 Å². The van der Waals surface area contributed by atoms with Crippen molar-refractivity contribution in [2.45, 2.75) is 32.2 Å². The normalized spacial score (nSPS) is 12.1. The maximum absolute atomic E-state index is 11.9. The minimum absolute atomic E-state index is 0.0152. The van der Waals surface area contributed by atoms with E-state index in [1.807, 2.05) is 30.3 Å². The van der Waals surface area contributed by atoms with Gasteiger partial charge in [0.25, 0.3) is 0 Å². The Bertz CT molecular complexity index is 548. The first-order valence-electron chi connectivity index (χ1n) is 6.98. The van der Waals surface area contributed by atoms with Crippen LogP contribution in [0.2, 0.25) is 0 Å². The summed E-state index contributed by atoms with van der Waals surface area (Å²) in [6, 6.07) is 9.69. The van der Waals surface area contributed by atoms with Crippen LogP contribution in [-0.4, -0.2) is 37.9 Å². The number of rotatable bonds is 8. The van der Waals surface area contributed by atoms with E-state index in [1.165, 1.54) is 0 Å². The number of hydrogen-bond acceptors (Lipinski definition) is 4. The summed E-state index contributed by atoms with van der Waals surface area (Å²) in [7, 11) is -3.37. The molecule has 1 amide bonds. The summed E-state index contributed by atoms with van der Waals surface area (Å²) < 4.78 is 23.7. The van der Waals surface area contributed by atoms with Gasteiger partial charge in [-0.15, -0.1) is 0 Å². The Hall–Kier alpha value is -1.40. The van der Waals surface area contributed by atoms with E-state index in [4.69, 9.17) is 5.73 Å². The van der Waals surface area contributed by atoms with Crippen molar-refractivity contribution in [1.29, 1.82) is 0 Å². The molecule has 5 nitrogen and oxygen atoms in total. The van der Waals surface area contributed by atoms with Gasteiger partial charge in [0.05, 0.1) is 5.75 Å². The van der Waals surface area contributed by atoms with Crippen LogP contribution in [0.15, 0.2) is 30.3 Å². The molecule has 1 rings (SSSR count). The van der Waals surface area contributed by atoms with Crippen LogP contribution in [-0.2, 0) is 21.1 Å². The van der Waals surface area contributed by atoms with E-state index in [2.05, 4.69) is 5.32 Å². The molecule has 0 aliphatic rings. The molecule has 3 N–H and O–H groups in total. The van der Waals surface area contributed by atoms with Crippen LogP contribution in [0.1, 0.15) is 25.8 Å². The lowest BCUT2D eigenvalue weighted by atomic mass is 10.1. The maximum Gasteiger partial charge on any atom is 0.235 e. The number of hydrogen-bond donors (Lipinski definition) is 2. The Kier molecular flexibility index (Phi) is 6.36. The lowest BCUT2D eigenvalue weighted by Gasteiger charge is -2.18.